The molecule has 2 nitrogen and oxygen atoms in total. The minimum Gasteiger partial charge on any atom is -0.389 e. The van der Waals surface area contributed by atoms with Crippen LogP contribution in [0.2, 0.25) is 0 Å². The second kappa shape index (κ2) is 4.82. The first-order valence-electron chi connectivity index (χ1n) is 5.47. The molecule has 0 spiro atoms. The van der Waals surface area contributed by atoms with Crippen LogP contribution in [-0.2, 0) is 6.42 Å². The van der Waals surface area contributed by atoms with Gasteiger partial charge in [0.05, 0.1) is 10.1 Å². The van der Waals surface area contributed by atoms with Gasteiger partial charge in [0.25, 0.3) is 0 Å². The van der Waals surface area contributed by atoms with Crippen LogP contribution in [0.4, 0.5) is 4.39 Å². The van der Waals surface area contributed by atoms with Crippen LogP contribution in [-0.4, -0.2) is 23.8 Å². The molecule has 1 saturated heterocycles. The van der Waals surface area contributed by atoms with E-state index in [1.807, 2.05) is 6.07 Å². The van der Waals surface area contributed by atoms with Crippen molar-refractivity contribution < 1.29 is 9.50 Å². The maximum atomic E-state index is 13.3. The highest BCUT2D eigenvalue weighted by atomic mass is 79.9. The average molecular weight is 288 g/mol. The SMILES string of the molecule is OC1(Cc2cccc(F)c2Br)CCNCC1. The third-order valence-corrected chi connectivity index (χ3v) is 3.97. The van der Waals surface area contributed by atoms with Crippen LogP contribution in [0.25, 0.3) is 0 Å². The molecule has 0 bridgehead atoms. The minimum atomic E-state index is -0.693. The first kappa shape index (κ1) is 12.0. The van der Waals surface area contributed by atoms with Gasteiger partial charge in [0, 0.05) is 6.42 Å². The molecular formula is C12H15BrFNO. The molecule has 0 unspecified atom stereocenters. The molecule has 0 radical (unpaired) electrons. The quantitative estimate of drug-likeness (QED) is 0.875. The molecule has 1 aromatic carbocycles. The number of piperidine rings is 1. The Kier molecular flexibility index (Phi) is 3.62. The van der Waals surface area contributed by atoms with Gasteiger partial charge in [-0.05, 0) is 53.5 Å². The third-order valence-electron chi connectivity index (χ3n) is 3.09. The van der Waals surface area contributed by atoms with Gasteiger partial charge in [0.15, 0.2) is 0 Å². The van der Waals surface area contributed by atoms with E-state index in [1.54, 1.807) is 6.07 Å². The first-order chi connectivity index (χ1) is 7.61. The van der Waals surface area contributed by atoms with E-state index in [-0.39, 0.29) is 5.82 Å². The predicted molar refractivity (Wildman–Crippen MR) is 64.9 cm³/mol. The summed E-state index contributed by atoms with van der Waals surface area (Å²) in [5.41, 5.74) is 0.145. The fourth-order valence-corrected chi connectivity index (χ4v) is 2.51. The Morgan fingerprint density at radius 3 is 2.75 bits per heavy atom. The lowest BCUT2D eigenvalue weighted by molar-refractivity contribution is 0.0107. The summed E-state index contributed by atoms with van der Waals surface area (Å²) in [5.74, 6) is -0.268. The van der Waals surface area contributed by atoms with Crippen LogP contribution in [0.15, 0.2) is 22.7 Å². The monoisotopic (exact) mass is 287 g/mol. The predicted octanol–water partition coefficient (Wildman–Crippen LogP) is 2.25. The summed E-state index contributed by atoms with van der Waals surface area (Å²) in [4.78, 5) is 0. The second-order valence-electron chi connectivity index (χ2n) is 4.36. The highest BCUT2D eigenvalue weighted by Gasteiger charge is 2.30. The summed E-state index contributed by atoms with van der Waals surface area (Å²) < 4.78 is 13.8. The van der Waals surface area contributed by atoms with Gasteiger partial charge in [0.1, 0.15) is 5.82 Å². The van der Waals surface area contributed by atoms with Crippen LogP contribution < -0.4 is 5.32 Å². The van der Waals surface area contributed by atoms with Crippen LogP contribution in [0.5, 0.6) is 0 Å². The highest BCUT2D eigenvalue weighted by Crippen LogP contribution is 2.28. The number of halogens is 2. The summed E-state index contributed by atoms with van der Waals surface area (Å²) in [6.07, 6.45) is 1.94. The fourth-order valence-electron chi connectivity index (χ4n) is 2.11. The van der Waals surface area contributed by atoms with Crippen molar-refractivity contribution in [2.24, 2.45) is 0 Å². The van der Waals surface area contributed by atoms with Crippen LogP contribution in [0, 0.1) is 5.82 Å². The van der Waals surface area contributed by atoms with Crippen molar-refractivity contribution in [1.29, 1.82) is 0 Å². The van der Waals surface area contributed by atoms with E-state index in [2.05, 4.69) is 21.2 Å². The molecule has 16 heavy (non-hydrogen) atoms. The van der Waals surface area contributed by atoms with E-state index in [4.69, 9.17) is 0 Å². The van der Waals surface area contributed by atoms with Crippen molar-refractivity contribution in [2.45, 2.75) is 24.9 Å². The van der Waals surface area contributed by atoms with Gasteiger partial charge < -0.3 is 10.4 Å². The van der Waals surface area contributed by atoms with Crippen molar-refractivity contribution in [2.75, 3.05) is 13.1 Å². The second-order valence-corrected chi connectivity index (χ2v) is 5.16. The molecule has 1 aliphatic rings. The maximum Gasteiger partial charge on any atom is 0.137 e. The number of rotatable bonds is 2. The Bertz CT molecular complexity index is 377. The molecular weight excluding hydrogens is 273 g/mol. The van der Waals surface area contributed by atoms with E-state index in [0.717, 1.165) is 31.5 Å². The van der Waals surface area contributed by atoms with Crippen LogP contribution in [0.1, 0.15) is 18.4 Å². The van der Waals surface area contributed by atoms with Gasteiger partial charge in [-0.15, -0.1) is 0 Å². The molecule has 0 amide bonds. The molecule has 1 aromatic rings. The zero-order valence-electron chi connectivity index (χ0n) is 8.97. The molecule has 1 heterocycles. The molecule has 2 rings (SSSR count). The van der Waals surface area contributed by atoms with E-state index < -0.39 is 5.60 Å². The van der Waals surface area contributed by atoms with Gasteiger partial charge >= 0.3 is 0 Å². The maximum absolute atomic E-state index is 13.3. The molecule has 1 fully saturated rings. The van der Waals surface area contributed by atoms with Gasteiger partial charge in [-0.3, -0.25) is 0 Å². The first-order valence-corrected chi connectivity index (χ1v) is 6.26. The summed E-state index contributed by atoms with van der Waals surface area (Å²) >= 11 is 3.23. The van der Waals surface area contributed by atoms with Crippen molar-refractivity contribution in [3.8, 4) is 0 Å². The van der Waals surface area contributed by atoms with Crippen molar-refractivity contribution in [3.63, 3.8) is 0 Å². The summed E-state index contributed by atoms with van der Waals surface area (Å²) in [5, 5.41) is 13.6. The lowest BCUT2D eigenvalue weighted by atomic mass is 9.86. The molecule has 2 N–H and O–H groups in total. The largest absolute Gasteiger partial charge is 0.389 e. The Balaban J connectivity index is 2.16. The van der Waals surface area contributed by atoms with Crippen LogP contribution >= 0.6 is 15.9 Å². The van der Waals surface area contributed by atoms with E-state index in [0.29, 0.717) is 10.9 Å². The smallest absolute Gasteiger partial charge is 0.137 e. The summed E-state index contributed by atoms with van der Waals surface area (Å²) in [7, 11) is 0. The molecule has 1 aliphatic heterocycles. The van der Waals surface area contributed by atoms with E-state index in [9.17, 15) is 9.50 Å². The third kappa shape index (κ3) is 2.62. The van der Waals surface area contributed by atoms with Crippen molar-refractivity contribution in [3.05, 3.63) is 34.1 Å². The topological polar surface area (TPSA) is 32.3 Å². The Morgan fingerprint density at radius 1 is 1.38 bits per heavy atom. The molecule has 0 aromatic heterocycles. The summed E-state index contributed by atoms with van der Waals surface area (Å²) in [6, 6.07) is 4.95. The number of hydrogen-bond acceptors (Lipinski definition) is 2. The normalized spacial score (nSPS) is 19.7. The lowest BCUT2D eigenvalue weighted by Crippen LogP contribution is -2.43. The molecule has 4 heteroatoms. The number of hydrogen-bond donors (Lipinski definition) is 2. The Morgan fingerprint density at radius 2 is 2.06 bits per heavy atom. The van der Waals surface area contributed by atoms with E-state index >= 15 is 0 Å². The zero-order chi connectivity index (χ0) is 11.6. The van der Waals surface area contributed by atoms with E-state index in [1.165, 1.54) is 6.07 Å². The van der Waals surface area contributed by atoms with Crippen molar-refractivity contribution in [1.82, 2.24) is 5.32 Å². The average Bonchev–Trinajstić information content (AvgIpc) is 2.26. The number of nitrogens with one attached hydrogen (secondary N) is 1. The zero-order valence-corrected chi connectivity index (χ0v) is 10.6. The highest BCUT2D eigenvalue weighted by molar-refractivity contribution is 9.10. The van der Waals surface area contributed by atoms with Crippen molar-refractivity contribution >= 4 is 15.9 Å². The number of benzene rings is 1. The summed E-state index contributed by atoms with van der Waals surface area (Å²) in [6.45, 7) is 1.65. The molecule has 88 valence electrons. The van der Waals surface area contributed by atoms with Gasteiger partial charge in [-0.1, -0.05) is 12.1 Å². The molecule has 0 saturated carbocycles. The standard InChI is InChI=1S/C12H15BrFNO/c13-11-9(2-1-3-10(11)14)8-12(16)4-6-15-7-5-12/h1-3,15-16H,4-8H2. The van der Waals surface area contributed by atoms with Crippen LogP contribution in [0.3, 0.4) is 0 Å². The Hall–Kier alpha value is -0.450. The van der Waals surface area contributed by atoms with Gasteiger partial charge in [0.2, 0.25) is 0 Å². The molecule has 0 atom stereocenters. The number of aliphatic hydroxyl groups is 1. The van der Waals surface area contributed by atoms with Gasteiger partial charge in [-0.2, -0.15) is 0 Å². The fraction of sp³-hybridized carbons (Fsp3) is 0.500. The molecule has 0 aliphatic carbocycles. The lowest BCUT2D eigenvalue weighted by Gasteiger charge is -2.33. The van der Waals surface area contributed by atoms with Gasteiger partial charge in [-0.25, -0.2) is 4.39 Å². The minimum absolute atomic E-state index is 0.268. The Labute approximate surface area is 103 Å².